The molecule has 0 aliphatic heterocycles. The lowest BCUT2D eigenvalue weighted by atomic mass is 10.5. The molecular weight excluding hydrogens is 206 g/mol. The van der Waals surface area contributed by atoms with Gasteiger partial charge in [-0.3, -0.25) is 13.9 Å². The highest BCUT2D eigenvalue weighted by Crippen LogP contribution is 1.78. The van der Waals surface area contributed by atoms with Crippen molar-refractivity contribution in [3.05, 3.63) is 0 Å². The van der Waals surface area contributed by atoms with Crippen molar-refractivity contribution < 1.29 is 32.2 Å². The second-order valence-corrected chi connectivity index (χ2v) is 2.39. The van der Waals surface area contributed by atoms with E-state index in [4.69, 9.17) is 22.6 Å². The zero-order chi connectivity index (χ0) is 10.2. The van der Waals surface area contributed by atoms with Gasteiger partial charge in [0.15, 0.2) is 0 Å². The number of rotatable bonds is 2. The van der Waals surface area contributed by atoms with Crippen LogP contribution in [0.2, 0.25) is 0 Å². The molecule has 0 radical (unpaired) electrons. The molecule has 82 valence electrons. The standard InChI is InChI=1S/C4H8O3.H3N.H2O4S/c1-7-4(6)2-3-5;;1-5(2,3)4/h5H,2-3H2,1H3;1H3;(H2,1,2,3,4). The minimum absolute atomic E-state index is 0. The molecule has 0 unspecified atom stereocenters. The summed E-state index contributed by atoms with van der Waals surface area (Å²) >= 11 is 0. The van der Waals surface area contributed by atoms with Crippen LogP contribution in [-0.4, -0.2) is 42.3 Å². The molecule has 0 heterocycles. The molecule has 9 heteroatoms. The quantitative estimate of drug-likeness (QED) is 0.342. The van der Waals surface area contributed by atoms with Crippen LogP contribution in [0.1, 0.15) is 6.42 Å². The van der Waals surface area contributed by atoms with Gasteiger partial charge in [0.2, 0.25) is 0 Å². The first-order valence-electron chi connectivity index (χ1n) is 2.68. The van der Waals surface area contributed by atoms with Crippen molar-refractivity contribution in [2.24, 2.45) is 0 Å². The third-order valence-corrected chi connectivity index (χ3v) is 0.544. The fraction of sp³-hybridized carbons (Fsp3) is 0.750. The van der Waals surface area contributed by atoms with E-state index < -0.39 is 10.4 Å². The molecule has 0 spiro atoms. The van der Waals surface area contributed by atoms with Crippen molar-refractivity contribution in [2.75, 3.05) is 13.7 Å². The second-order valence-electron chi connectivity index (χ2n) is 1.50. The van der Waals surface area contributed by atoms with Gasteiger partial charge in [-0.05, 0) is 0 Å². The molecule has 0 amide bonds. The Balaban J connectivity index is -0.000000150. The third-order valence-electron chi connectivity index (χ3n) is 0.544. The zero-order valence-electron chi connectivity index (χ0n) is 7.00. The fourth-order valence-electron chi connectivity index (χ4n) is 0.193. The predicted molar refractivity (Wildman–Crippen MR) is 42.9 cm³/mol. The highest BCUT2D eigenvalue weighted by atomic mass is 32.3. The summed E-state index contributed by atoms with van der Waals surface area (Å²) in [6.07, 6.45) is 0.0938. The van der Waals surface area contributed by atoms with Crippen molar-refractivity contribution in [3.63, 3.8) is 0 Å². The minimum atomic E-state index is -4.67. The molecule has 0 aliphatic carbocycles. The van der Waals surface area contributed by atoms with Gasteiger partial charge in [-0.15, -0.1) is 0 Å². The lowest BCUT2D eigenvalue weighted by Gasteiger charge is -1.90. The summed E-state index contributed by atoms with van der Waals surface area (Å²) < 4.78 is 35.8. The van der Waals surface area contributed by atoms with E-state index in [1.165, 1.54) is 7.11 Å². The summed E-state index contributed by atoms with van der Waals surface area (Å²) in [5.41, 5.74) is 0. The van der Waals surface area contributed by atoms with Crippen LogP contribution in [0.15, 0.2) is 0 Å². The van der Waals surface area contributed by atoms with E-state index in [1.807, 2.05) is 0 Å². The van der Waals surface area contributed by atoms with Crippen LogP contribution in [0.5, 0.6) is 0 Å². The van der Waals surface area contributed by atoms with Gasteiger partial charge in [0, 0.05) is 0 Å². The normalized spacial score (nSPS) is 8.92. The molecule has 0 aromatic heterocycles. The SMILES string of the molecule is COC(=O)CCO.N.O=S(=O)(O)O. The Bertz CT molecular complexity index is 203. The van der Waals surface area contributed by atoms with Gasteiger partial charge in [-0.1, -0.05) is 0 Å². The molecular formula is C4H13NO7S. The number of esters is 1. The number of carbonyl (C=O) groups is 1. The molecule has 6 N–H and O–H groups in total. The van der Waals surface area contributed by atoms with E-state index >= 15 is 0 Å². The number of methoxy groups -OCH3 is 1. The number of aliphatic hydroxyl groups excluding tert-OH is 1. The highest BCUT2D eigenvalue weighted by molar-refractivity contribution is 7.79. The summed E-state index contributed by atoms with van der Waals surface area (Å²) in [4.78, 5) is 10.0. The first-order valence-corrected chi connectivity index (χ1v) is 4.08. The summed E-state index contributed by atoms with van der Waals surface area (Å²) in [6, 6.07) is 0. The summed E-state index contributed by atoms with van der Waals surface area (Å²) in [5, 5.41) is 8.07. The van der Waals surface area contributed by atoms with E-state index in [0.29, 0.717) is 0 Å². The van der Waals surface area contributed by atoms with Crippen LogP contribution in [0.4, 0.5) is 0 Å². The Hall–Kier alpha value is -0.740. The maximum atomic E-state index is 10.0. The summed E-state index contributed by atoms with van der Waals surface area (Å²) in [6.45, 7) is -0.132. The van der Waals surface area contributed by atoms with Crippen molar-refractivity contribution >= 4 is 16.4 Å². The lowest BCUT2D eigenvalue weighted by Crippen LogP contribution is -2.01. The van der Waals surface area contributed by atoms with E-state index in [-0.39, 0.29) is 25.1 Å². The van der Waals surface area contributed by atoms with Gasteiger partial charge >= 0.3 is 16.4 Å². The van der Waals surface area contributed by atoms with Gasteiger partial charge in [0.1, 0.15) is 0 Å². The van der Waals surface area contributed by atoms with Crippen LogP contribution >= 0.6 is 0 Å². The molecule has 8 nitrogen and oxygen atoms in total. The van der Waals surface area contributed by atoms with Crippen molar-refractivity contribution in [1.29, 1.82) is 0 Å². The van der Waals surface area contributed by atoms with Crippen LogP contribution in [0.3, 0.4) is 0 Å². The molecule has 0 aliphatic rings. The molecule has 0 saturated heterocycles. The van der Waals surface area contributed by atoms with Gasteiger partial charge in [-0.2, -0.15) is 8.42 Å². The monoisotopic (exact) mass is 219 g/mol. The maximum absolute atomic E-state index is 10.0. The Morgan fingerprint density at radius 3 is 1.77 bits per heavy atom. The van der Waals surface area contributed by atoms with E-state index in [2.05, 4.69) is 4.74 Å². The number of hydrogen-bond donors (Lipinski definition) is 4. The number of carbonyl (C=O) groups excluding carboxylic acids is 1. The van der Waals surface area contributed by atoms with E-state index in [0.717, 1.165) is 0 Å². The molecule has 13 heavy (non-hydrogen) atoms. The second kappa shape index (κ2) is 9.35. The Morgan fingerprint density at radius 1 is 1.38 bits per heavy atom. The number of aliphatic hydroxyl groups is 1. The van der Waals surface area contributed by atoms with Crippen molar-refractivity contribution in [1.82, 2.24) is 6.15 Å². The molecule has 0 aromatic carbocycles. The van der Waals surface area contributed by atoms with Gasteiger partial charge in [0.25, 0.3) is 0 Å². The topological polar surface area (TPSA) is 156 Å². The predicted octanol–water partition coefficient (Wildman–Crippen LogP) is -0.949. The number of hydrogen-bond acceptors (Lipinski definition) is 6. The minimum Gasteiger partial charge on any atom is -0.469 e. The van der Waals surface area contributed by atoms with Crippen LogP contribution in [-0.2, 0) is 19.9 Å². The van der Waals surface area contributed by atoms with E-state index in [1.54, 1.807) is 0 Å². The Morgan fingerprint density at radius 2 is 1.69 bits per heavy atom. The van der Waals surface area contributed by atoms with Gasteiger partial charge in [-0.25, -0.2) is 0 Å². The zero-order valence-corrected chi connectivity index (χ0v) is 7.82. The third kappa shape index (κ3) is 53.2. The summed E-state index contributed by atoms with van der Waals surface area (Å²) in [7, 11) is -3.38. The highest BCUT2D eigenvalue weighted by Gasteiger charge is 1.93. The van der Waals surface area contributed by atoms with Crippen molar-refractivity contribution in [2.45, 2.75) is 6.42 Å². The van der Waals surface area contributed by atoms with Crippen LogP contribution in [0.25, 0.3) is 0 Å². The molecule has 0 bridgehead atoms. The van der Waals surface area contributed by atoms with Crippen LogP contribution in [0, 0.1) is 0 Å². The molecule has 0 fully saturated rings. The smallest absolute Gasteiger partial charge is 0.394 e. The number of ether oxygens (including phenoxy) is 1. The maximum Gasteiger partial charge on any atom is 0.394 e. The lowest BCUT2D eigenvalue weighted by molar-refractivity contribution is -0.141. The fourth-order valence-corrected chi connectivity index (χ4v) is 0.193. The van der Waals surface area contributed by atoms with Crippen LogP contribution < -0.4 is 6.15 Å². The molecule has 0 aromatic rings. The summed E-state index contributed by atoms with van der Waals surface area (Å²) in [5.74, 6) is -0.373. The molecule has 0 saturated carbocycles. The van der Waals surface area contributed by atoms with Crippen molar-refractivity contribution in [3.8, 4) is 0 Å². The Labute approximate surface area is 75.7 Å². The average molecular weight is 219 g/mol. The first kappa shape index (κ1) is 18.1. The van der Waals surface area contributed by atoms with Gasteiger partial charge in [0.05, 0.1) is 20.1 Å². The Kier molecular flexibility index (Phi) is 13.0. The average Bonchev–Trinajstić information content (AvgIpc) is 1.85. The molecule has 0 rings (SSSR count). The largest absolute Gasteiger partial charge is 0.469 e. The van der Waals surface area contributed by atoms with Gasteiger partial charge < -0.3 is 16.0 Å². The van der Waals surface area contributed by atoms with E-state index in [9.17, 15) is 4.79 Å². The first-order chi connectivity index (χ1) is 5.31. The molecule has 0 atom stereocenters.